The van der Waals surface area contributed by atoms with Crippen LogP contribution in [-0.2, 0) is 0 Å². The molecule has 0 radical (unpaired) electrons. The molecule has 7 heteroatoms. The molecule has 0 fully saturated rings. The molecule has 0 aromatic heterocycles. The van der Waals surface area contributed by atoms with E-state index in [1.165, 1.54) is 18.2 Å². The summed E-state index contributed by atoms with van der Waals surface area (Å²) in [5.41, 5.74) is 10.6. The van der Waals surface area contributed by atoms with Gasteiger partial charge in [-0.1, -0.05) is 0 Å². The van der Waals surface area contributed by atoms with Crippen molar-refractivity contribution >= 4 is 11.9 Å². The van der Waals surface area contributed by atoms with Gasteiger partial charge in [-0.05, 0) is 31.4 Å². The van der Waals surface area contributed by atoms with Crippen LogP contribution < -0.4 is 16.8 Å². The number of aliphatic imine (C=N–C) groups is 1. The molecule has 1 amide bonds. The largest absolute Gasteiger partial charge is 0.508 e. The zero-order valence-electron chi connectivity index (χ0n) is 11.2. The Hall–Kier alpha value is -2.44. The summed E-state index contributed by atoms with van der Waals surface area (Å²) >= 11 is 0. The van der Waals surface area contributed by atoms with Gasteiger partial charge in [0, 0.05) is 24.7 Å². The topological polar surface area (TPSA) is 134 Å². The van der Waals surface area contributed by atoms with Crippen LogP contribution in [0.25, 0.3) is 0 Å². The molecule has 0 saturated heterocycles. The van der Waals surface area contributed by atoms with Crippen molar-refractivity contribution in [3.05, 3.63) is 23.8 Å². The second kappa shape index (κ2) is 7.88. The van der Waals surface area contributed by atoms with Gasteiger partial charge in [-0.25, -0.2) is 0 Å². The first-order valence-electron chi connectivity index (χ1n) is 6.35. The van der Waals surface area contributed by atoms with E-state index in [2.05, 4.69) is 10.3 Å². The molecule has 1 rings (SSSR count). The zero-order chi connectivity index (χ0) is 15.0. The molecule has 0 heterocycles. The smallest absolute Gasteiger partial charge is 0.251 e. The van der Waals surface area contributed by atoms with Gasteiger partial charge in [0.25, 0.3) is 5.91 Å². The van der Waals surface area contributed by atoms with E-state index in [1.807, 2.05) is 0 Å². The molecular weight excluding hydrogens is 260 g/mol. The number of phenolic OH excluding ortho intramolecular Hbond substituents is 2. The van der Waals surface area contributed by atoms with Crippen LogP contribution in [-0.4, -0.2) is 35.2 Å². The number of rotatable bonds is 7. The summed E-state index contributed by atoms with van der Waals surface area (Å²) in [5.74, 6) is -0.540. The Kier molecular flexibility index (Phi) is 6.15. The van der Waals surface area contributed by atoms with Gasteiger partial charge < -0.3 is 27.0 Å². The summed E-state index contributed by atoms with van der Waals surface area (Å²) in [5, 5.41) is 21.3. The summed E-state index contributed by atoms with van der Waals surface area (Å²) in [7, 11) is 0. The first-order chi connectivity index (χ1) is 9.49. The van der Waals surface area contributed by atoms with Gasteiger partial charge >= 0.3 is 0 Å². The van der Waals surface area contributed by atoms with E-state index < -0.39 is 0 Å². The van der Waals surface area contributed by atoms with Gasteiger partial charge in [-0.15, -0.1) is 0 Å². The highest BCUT2D eigenvalue weighted by molar-refractivity contribution is 5.95. The van der Waals surface area contributed by atoms with E-state index in [9.17, 15) is 15.0 Å². The summed E-state index contributed by atoms with van der Waals surface area (Å²) in [6, 6.07) is 3.77. The number of unbranched alkanes of at least 4 members (excludes halogenated alkanes) is 2. The van der Waals surface area contributed by atoms with Crippen molar-refractivity contribution in [2.45, 2.75) is 19.3 Å². The van der Waals surface area contributed by atoms with E-state index in [1.54, 1.807) is 0 Å². The standard InChI is InChI=1S/C13H20N4O3/c14-13(15)17-5-3-1-2-4-16-12(20)9-6-10(18)8-11(19)7-9/h6-8,18-19H,1-5H2,(H,16,20)(H4,14,15,17). The zero-order valence-corrected chi connectivity index (χ0v) is 11.2. The lowest BCUT2D eigenvalue weighted by molar-refractivity contribution is 0.0952. The Bertz CT molecular complexity index is 464. The molecule has 1 aromatic carbocycles. The minimum atomic E-state index is -0.333. The van der Waals surface area contributed by atoms with Crippen molar-refractivity contribution in [3.63, 3.8) is 0 Å². The third kappa shape index (κ3) is 5.94. The number of carbonyl (C=O) groups excluding carboxylic acids is 1. The number of hydrogen-bond donors (Lipinski definition) is 5. The van der Waals surface area contributed by atoms with Crippen molar-refractivity contribution in [1.82, 2.24) is 5.32 Å². The average molecular weight is 280 g/mol. The Morgan fingerprint density at radius 1 is 1.10 bits per heavy atom. The number of carbonyl (C=O) groups is 1. The van der Waals surface area contributed by atoms with Crippen LogP contribution in [0.3, 0.4) is 0 Å². The molecule has 0 saturated carbocycles. The summed E-state index contributed by atoms with van der Waals surface area (Å²) in [6.45, 7) is 1.09. The molecule has 0 bridgehead atoms. The quantitative estimate of drug-likeness (QED) is 0.278. The van der Waals surface area contributed by atoms with Crippen LogP contribution >= 0.6 is 0 Å². The van der Waals surface area contributed by atoms with Gasteiger partial charge in [-0.2, -0.15) is 0 Å². The predicted molar refractivity (Wildman–Crippen MR) is 76.6 cm³/mol. The monoisotopic (exact) mass is 280 g/mol. The fourth-order valence-electron chi connectivity index (χ4n) is 1.65. The van der Waals surface area contributed by atoms with Gasteiger partial charge in [0.15, 0.2) is 5.96 Å². The summed E-state index contributed by atoms with van der Waals surface area (Å²) in [4.78, 5) is 15.6. The highest BCUT2D eigenvalue weighted by atomic mass is 16.3. The Balaban J connectivity index is 2.25. The first kappa shape index (κ1) is 15.6. The lowest BCUT2D eigenvalue weighted by atomic mass is 10.2. The van der Waals surface area contributed by atoms with Gasteiger partial charge in [0.05, 0.1) is 0 Å². The van der Waals surface area contributed by atoms with Crippen LogP contribution in [0.2, 0.25) is 0 Å². The fraction of sp³-hybridized carbons (Fsp3) is 0.385. The SMILES string of the molecule is NC(N)=NCCCCCNC(=O)c1cc(O)cc(O)c1. The molecule has 0 aliphatic carbocycles. The number of nitrogens with zero attached hydrogens (tertiary/aromatic N) is 1. The second-order valence-corrected chi connectivity index (χ2v) is 4.36. The lowest BCUT2D eigenvalue weighted by Crippen LogP contribution is -2.24. The summed E-state index contributed by atoms with van der Waals surface area (Å²) in [6.07, 6.45) is 2.54. The molecule has 20 heavy (non-hydrogen) atoms. The number of hydrogen-bond acceptors (Lipinski definition) is 4. The third-order valence-corrected chi connectivity index (χ3v) is 2.58. The third-order valence-electron chi connectivity index (χ3n) is 2.58. The first-order valence-corrected chi connectivity index (χ1v) is 6.35. The number of phenols is 2. The van der Waals surface area contributed by atoms with E-state index in [0.717, 1.165) is 19.3 Å². The van der Waals surface area contributed by atoms with Crippen molar-refractivity contribution in [3.8, 4) is 11.5 Å². The maximum absolute atomic E-state index is 11.7. The average Bonchev–Trinajstić information content (AvgIpc) is 2.35. The molecule has 7 nitrogen and oxygen atoms in total. The predicted octanol–water partition coefficient (Wildman–Crippen LogP) is 0.271. The van der Waals surface area contributed by atoms with Gasteiger partial charge in [0.1, 0.15) is 11.5 Å². The van der Waals surface area contributed by atoms with Crippen molar-refractivity contribution in [1.29, 1.82) is 0 Å². The highest BCUT2D eigenvalue weighted by Gasteiger charge is 2.07. The van der Waals surface area contributed by atoms with Crippen molar-refractivity contribution < 1.29 is 15.0 Å². The molecule has 110 valence electrons. The number of benzene rings is 1. The maximum Gasteiger partial charge on any atom is 0.251 e. The maximum atomic E-state index is 11.7. The number of aromatic hydroxyl groups is 2. The number of amides is 1. The molecule has 0 unspecified atom stereocenters. The number of guanidine groups is 1. The van der Waals surface area contributed by atoms with Crippen LogP contribution in [0.1, 0.15) is 29.6 Å². The fourth-order valence-corrected chi connectivity index (χ4v) is 1.65. The van der Waals surface area contributed by atoms with Crippen LogP contribution in [0.15, 0.2) is 23.2 Å². The van der Waals surface area contributed by atoms with Crippen molar-refractivity contribution in [2.24, 2.45) is 16.5 Å². The Labute approximate surface area is 117 Å². The summed E-state index contributed by atoms with van der Waals surface area (Å²) < 4.78 is 0. The Morgan fingerprint density at radius 3 is 2.35 bits per heavy atom. The Morgan fingerprint density at radius 2 is 1.75 bits per heavy atom. The molecule has 0 aliphatic heterocycles. The highest BCUT2D eigenvalue weighted by Crippen LogP contribution is 2.20. The molecule has 1 aromatic rings. The normalized spacial score (nSPS) is 10.0. The van der Waals surface area contributed by atoms with Gasteiger partial charge in [-0.3, -0.25) is 9.79 Å². The molecule has 0 spiro atoms. The molecule has 0 aliphatic rings. The van der Waals surface area contributed by atoms with Crippen LogP contribution in [0.5, 0.6) is 11.5 Å². The van der Waals surface area contributed by atoms with Gasteiger partial charge in [0.2, 0.25) is 0 Å². The number of nitrogens with one attached hydrogen (secondary N) is 1. The van der Waals surface area contributed by atoms with E-state index in [4.69, 9.17) is 11.5 Å². The van der Waals surface area contributed by atoms with Crippen LogP contribution in [0, 0.1) is 0 Å². The van der Waals surface area contributed by atoms with Crippen LogP contribution in [0.4, 0.5) is 0 Å². The molecule has 7 N–H and O–H groups in total. The van der Waals surface area contributed by atoms with Crippen molar-refractivity contribution in [2.75, 3.05) is 13.1 Å². The minimum absolute atomic E-state index is 0.0852. The second-order valence-electron chi connectivity index (χ2n) is 4.36. The molecular formula is C13H20N4O3. The van der Waals surface area contributed by atoms with E-state index >= 15 is 0 Å². The molecule has 0 atom stereocenters. The minimum Gasteiger partial charge on any atom is -0.508 e. The number of nitrogens with two attached hydrogens (primary N) is 2. The lowest BCUT2D eigenvalue weighted by Gasteiger charge is -2.06. The van der Waals surface area contributed by atoms with E-state index in [0.29, 0.717) is 13.1 Å². The van der Waals surface area contributed by atoms with E-state index in [-0.39, 0.29) is 28.9 Å².